The van der Waals surface area contributed by atoms with Crippen LogP contribution in [0.3, 0.4) is 0 Å². The van der Waals surface area contributed by atoms with Gasteiger partial charge in [0.2, 0.25) is 5.88 Å². The summed E-state index contributed by atoms with van der Waals surface area (Å²) >= 11 is 0. The average molecular weight is 271 g/mol. The van der Waals surface area contributed by atoms with Gasteiger partial charge in [-0.15, -0.1) is 0 Å². The Morgan fingerprint density at radius 3 is 2.75 bits per heavy atom. The molecule has 0 fully saturated rings. The molecular formula is C15H17N3O2. The maximum absolute atomic E-state index is 8.18. The Hall–Kier alpha value is -2.43. The number of pyridine rings is 2. The lowest BCUT2D eigenvalue weighted by Crippen LogP contribution is -2.06. The van der Waals surface area contributed by atoms with E-state index >= 15 is 0 Å². The Balaban J connectivity index is 2.11. The molecule has 0 aromatic carbocycles. The molecule has 1 N–H and O–H groups in total. The molecule has 2 heterocycles. The van der Waals surface area contributed by atoms with E-state index in [1.807, 2.05) is 19.1 Å². The predicted octanol–water partition coefficient (Wildman–Crippen LogP) is 2.49. The minimum Gasteiger partial charge on any atom is -0.494 e. The van der Waals surface area contributed by atoms with Crippen LogP contribution in [0.2, 0.25) is 0 Å². The third-order valence-corrected chi connectivity index (χ3v) is 2.80. The topological polar surface area (TPSA) is 68.1 Å². The van der Waals surface area contributed by atoms with Crippen LogP contribution in [0.15, 0.2) is 36.8 Å². The summed E-state index contributed by atoms with van der Waals surface area (Å²) in [6, 6.07) is 5.51. The maximum Gasteiger partial charge on any atom is 0.213 e. The molecule has 104 valence electrons. The second kappa shape index (κ2) is 6.65. The summed E-state index contributed by atoms with van der Waals surface area (Å²) in [5, 5.41) is 8.18. The van der Waals surface area contributed by atoms with Crippen molar-refractivity contribution in [3.8, 4) is 11.6 Å². The fourth-order valence-electron chi connectivity index (χ4n) is 1.84. The van der Waals surface area contributed by atoms with Gasteiger partial charge in [-0.25, -0.2) is 4.98 Å². The minimum absolute atomic E-state index is 0.468. The van der Waals surface area contributed by atoms with E-state index in [1.54, 1.807) is 31.8 Å². The number of methoxy groups -OCH3 is 1. The quantitative estimate of drug-likeness (QED) is 0.820. The number of aromatic nitrogens is 2. The zero-order chi connectivity index (χ0) is 14.4. The molecule has 5 heteroatoms. The van der Waals surface area contributed by atoms with Crippen molar-refractivity contribution < 1.29 is 9.47 Å². The van der Waals surface area contributed by atoms with Crippen molar-refractivity contribution in [3.05, 3.63) is 47.9 Å². The molecule has 0 unspecified atom stereocenters. The van der Waals surface area contributed by atoms with Gasteiger partial charge in [0.1, 0.15) is 5.75 Å². The van der Waals surface area contributed by atoms with Gasteiger partial charge in [0, 0.05) is 36.2 Å². The van der Waals surface area contributed by atoms with Crippen LogP contribution in [-0.2, 0) is 6.42 Å². The van der Waals surface area contributed by atoms with E-state index in [9.17, 15) is 0 Å². The molecule has 2 aromatic heterocycles. The number of hydrogen-bond donors (Lipinski definition) is 1. The maximum atomic E-state index is 8.18. The monoisotopic (exact) mass is 271 g/mol. The van der Waals surface area contributed by atoms with Crippen LogP contribution >= 0.6 is 0 Å². The van der Waals surface area contributed by atoms with Gasteiger partial charge in [-0.3, -0.25) is 4.98 Å². The highest BCUT2D eigenvalue weighted by Gasteiger charge is 2.09. The first-order valence-corrected chi connectivity index (χ1v) is 6.38. The van der Waals surface area contributed by atoms with Crippen molar-refractivity contribution in [1.82, 2.24) is 9.97 Å². The molecule has 5 nitrogen and oxygen atoms in total. The van der Waals surface area contributed by atoms with E-state index in [1.165, 1.54) is 0 Å². The Kier molecular flexibility index (Phi) is 4.65. The number of nitrogens with one attached hydrogen (secondary N) is 1. The summed E-state index contributed by atoms with van der Waals surface area (Å²) < 4.78 is 10.5. The lowest BCUT2D eigenvalue weighted by molar-refractivity contribution is 0.326. The van der Waals surface area contributed by atoms with E-state index in [4.69, 9.17) is 14.9 Å². The van der Waals surface area contributed by atoms with Gasteiger partial charge in [0.05, 0.1) is 19.9 Å². The van der Waals surface area contributed by atoms with Crippen molar-refractivity contribution in [1.29, 1.82) is 5.41 Å². The van der Waals surface area contributed by atoms with Crippen LogP contribution in [0.25, 0.3) is 0 Å². The van der Waals surface area contributed by atoms with Crippen LogP contribution in [0.5, 0.6) is 11.6 Å². The van der Waals surface area contributed by atoms with E-state index < -0.39 is 0 Å². The molecule has 0 atom stereocenters. The molecule has 2 aromatic rings. The lowest BCUT2D eigenvalue weighted by atomic mass is 10.0. The van der Waals surface area contributed by atoms with Crippen molar-refractivity contribution in [2.75, 3.05) is 13.7 Å². The van der Waals surface area contributed by atoms with E-state index in [-0.39, 0.29) is 0 Å². The number of ether oxygens (including phenoxy) is 2. The smallest absolute Gasteiger partial charge is 0.213 e. The first kappa shape index (κ1) is 14.0. The first-order valence-electron chi connectivity index (χ1n) is 6.38. The summed E-state index contributed by atoms with van der Waals surface area (Å²) in [7, 11) is 1.58. The highest BCUT2D eigenvalue weighted by molar-refractivity contribution is 6.01. The second-order valence-corrected chi connectivity index (χ2v) is 4.17. The van der Waals surface area contributed by atoms with Crippen LogP contribution in [0.4, 0.5) is 0 Å². The molecule has 0 aliphatic carbocycles. The molecular weight excluding hydrogens is 254 g/mol. The molecule has 20 heavy (non-hydrogen) atoms. The normalized spacial score (nSPS) is 10.1. The summed E-state index contributed by atoms with van der Waals surface area (Å²) in [5.41, 5.74) is 2.17. The zero-order valence-corrected chi connectivity index (χ0v) is 11.6. The molecule has 0 amide bonds. The molecule has 0 bridgehead atoms. The van der Waals surface area contributed by atoms with Crippen molar-refractivity contribution in [3.63, 3.8) is 0 Å². The minimum atomic E-state index is 0.468. The molecule has 0 radical (unpaired) electrons. The van der Waals surface area contributed by atoms with Crippen LogP contribution in [0.1, 0.15) is 18.1 Å². The number of hydrogen-bond acceptors (Lipinski definition) is 5. The molecule has 0 saturated heterocycles. The Morgan fingerprint density at radius 1 is 1.25 bits per heavy atom. The van der Waals surface area contributed by atoms with Gasteiger partial charge in [0.15, 0.2) is 0 Å². The van der Waals surface area contributed by atoms with Crippen molar-refractivity contribution >= 4 is 5.71 Å². The molecule has 0 aliphatic heterocycles. The van der Waals surface area contributed by atoms with Crippen molar-refractivity contribution in [2.24, 2.45) is 0 Å². The molecule has 0 saturated carbocycles. The third kappa shape index (κ3) is 3.32. The van der Waals surface area contributed by atoms with E-state index in [0.717, 1.165) is 11.1 Å². The summed E-state index contributed by atoms with van der Waals surface area (Å²) in [4.78, 5) is 8.18. The molecule has 0 spiro atoms. The SMILES string of the molecule is CCOc1ccc(CC(=N)c2ccncc2OC)cn1. The highest BCUT2D eigenvalue weighted by Crippen LogP contribution is 2.18. The largest absolute Gasteiger partial charge is 0.494 e. The zero-order valence-electron chi connectivity index (χ0n) is 11.6. The van der Waals surface area contributed by atoms with Gasteiger partial charge in [-0.1, -0.05) is 6.07 Å². The molecule has 2 rings (SSSR count). The first-order chi connectivity index (χ1) is 9.74. The Bertz CT molecular complexity index is 582. The fraction of sp³-hybridized carbons (Fsp3) is 0.267. The van der Waals surface area contributed by atoms with Crippen LogP contribution in [0, 0.1) is 5.41 Å². The van der Waals surface area contributed by atoms with Gasteiger partial charge < -0.3 is 14.9 Å². The summed E-state index contributed by atoms with van der Waals surface area (Å²) in [6.45, 7) is 2.51. The highest BCUT2D eigenvalue weighted by atomic mass is 16.5. The molecule has 0 aliphatic rings. The number of rotatable bonds is 6. The fourth-order valence-corrected chi connectivity index (χ4v) is 1.84. The van der Waals surface area contributed by atoms with Crippen LogP contribution < -0.4 is 9.47 Å². The van der Waals surface area contributed by atoms with Gasteiger partial charge in [-0.2, -0.15) is 0 Å². The standard InChI is InChI=1S/C15H17N3O2/c1-3-20-15-5-4-11(9-18-15)8-13(16)12-6-7-17-10-14(12)19-2/h4-7,9-10,16H,3,8H2,1-2H3. The van der Waals surface area contributed by atoms with Gasteiger partial charge in [0.25, 0.3) is 0 Å². The Labute approximate surface area is 118 Å². The van der Waals surface area contributed by atoms with E-state index in [2.05, 4.69) is 9.97 Å². The van der Waals surface area contributed by atoms with Gasteiger partial charge in [-0.05, 0) is 18.6 Å². The predicted molar refractivity (Wildman–Crippen MR) is 76.7 cm³/mol. The third-order valence-electron chi connectivity index (χ3n) is 2.80. The lowest BCUT2D eigenvalue weighted by Gasteiger charge is -2.09. The van der Waals surface area contributed by atoms with Crippen molar-refractivity contribution in [2.45, 2.75) is 13.3 Å². The van der Waals surface area contributed by atoms with Crippen LogP contribution in [-0.4, -0.2) is 29.4 Å². The number of nitrogens with zero attached hydrogens (tertiary/aromatic N) is 2. The van der Waals surface area contributed by atoms with E-state index in [0.29, 0.717) is 30.4 Å². The summed E-state index contributed by atoms with van der Waals surface area (Å²) in [6.07, 6.45) is 5.48. The Morgan fingerprint density at radius 2 is 2.10 bits per heavy atom. The second-order valence-electron chi connectivity index (χ2n) is 4.17. The summed E-state index contributed by atoms with van der Waals surface area (Å²) in [5.74, 6) is 1.21. The average Bonchev–Trinajstić information content (AvgIpc) is 2.49. The van der Waals surface area contributed by atoms with Gasteiger partial charge >= 0.3 is 0 Å².